The molecular formula is C80H118N2O17S2. The second-order valence-corrected chi connectivity index (χ2v) is 37.6. The van der Waals surface area contributed by atoms with Crippen LogP contribution in [0.5, 0.6) is 0 Å². The molecule has 11 atom stereocenters. The van der Waals surface area contributed by atoms with Crippen molar-refractivity contribution in [3.8, 4) is 0 Å². The normalized spacial score (nSPS) is 26.9. The van der Waals surface area contributed by atoms with Crippen LogP contribution in [0.15, 0.2) is 58.3 Å². The summed E-state index contributed by atoms with van der Waals surface area (Å²) < 4.78 is 69.0. The van der Waals surface area contributed by atoms with E-state index in [1.807, 2.05) is 13.8 Å². The Balaban J connectivity index is 0.000000284. The summed E-state index contributed by atoms with van der Waals surface area (Å²) >= 11 is 0. The molecule has 4 aliphatic heterocycles. The molecule has 0 spiro atoms. The molecule has 3 unspecified atom stereocenters. The number of sulfone groups is 2. The van der Waals surface area contributed by atoms with Gasteiger partial charge >= 0.3 is 17.9 Å². The quantitative estimate of drug-likeness (QED) is 0.0808. The number of carbonyl (C=O) groups is 10. The number of piperidine rings is 2. The van der Waals surface area contributed by atoms with Crippen LogP contribution in [0.1, 0.15) is 254 Å². The Bertz CT molecular complexity index is 3510. The first-order valence-corrected chi connectivity index (χ1v) is 41.0. The van der Waals surface area contributed by atoms with Crippen molar-refractivity contribution in [2.45, 2.75) is 296 Å². The van der Waals surface area contributed by atoms with Crippen molar-refractivity contribution < 1.29 is 79.0 Å². The monoisotopic (exact) mass is 1440 g/mol. The van der Waals surface area contributed by atoms with Gasteiger partial charge in [-0.25, -0.2) is 16.8 Å². The van der Waals surface area contributed by atoms with E-state index in [2.05, 4.69) is 27.7 Å². The molecule has 2 aromatic rings. The highest BCUT2D eigenvalue weighted by Crippen LogP contribution is 2.66. The first-order valence-electron chi connectivity index (χ1n) is 37.7. The van der Waals surface area contributed by atoms with Gasteiger partial charge in [-0.1, -0.05) is 166 Å². The molecule has 0 bridgehead atoms. The molecule has 4 saturated heterocycles. The number of fused-ring (bicyclic) bond motifs is 6. The molecule has 0 aromatic heterocycles. The van der Waals surface area contributed by atoms with E-state index in [9.17, 15) is 64.8 Å². The number of aryl methyl sites for hydroxylation is 2. The van der Waals surface area contributed by atoms with E-state index in [-0.39, 0.29) is 99.8 Å². The van der Waals surface area contributed by atoms with Gasteiger partial charge in [-0.05, 0) is 140 Å². The second-order valence-electron chi connectivity index (χ2n) is 33.4. The summed E-state index contributed by atoms with van der Waals surface area (Å²) in [6, 6.07) is 11.4. The molecular weight excluding hydrogens is 1330 g/mol. The van der Waals surface area contributed by atoms with E-state index >= 15 is 0 Å². The molecule has 2 saturated carbocycles. The zero-order valence-electron chi connectivity index (χ0n) is 62.8. The molecule has 2 aromatic carbocycles. The van der Waals surface area contributed by atoms with E-state index in [0.29, 0.717) is 51.6 Å². The molecule has 19 nitrogen and oxygen atoms in total. The summed E-state index contributed by atoms with van der Waals surface area (Å²) in [7, 11) is -7.56. The minimum atomic E-state index is -3.79. The molecule has 2 aliphatic carbocycles. The fourth-order valence-corrected chi connectivity index (χ4v) is 18.9. The van der Waals surface area contributed by atoms with Crippen molar-refractivity contribution in [3.05, 3.63) is 59.7 Å². The third-order valence-electron chi connectivity index (χ3n) is 22.3. The molecule has 21 heteroatoms. The van der Waals surface area contributed by atoms with Crippen molar-refractivity contribution in [2.75, 3.05) is 24.6 Å². The number of carbonyl (C=O) groups excluding carboxylic acids is 10. The van der Waals surface area contributed by atoms with E-state index in [4.69, 9.17) is 14.2 Å². The maximum atomic E-state index is 14.6. The van der Waals surface area contributed by atoms with Gasteiger partial charge in [0.15, 0.2) is 48.9 Å². The first kappa shape index (κ1) is 82.3. The van der Waals surface area contributed by atoms with Crippen LogP contribution in [0.25, 0.3) is 0 Å². The summed E-state index contributed by atoms with van der Waals surface area (Å²) in [4.78, 5) is 140. The highest BCUT2D eigenvalue weighted by Gasteiger charge is 2.70. The SMILES string of the molecule is CC(=O)OC(C(=O)CCS(=O)(=O)c1ccc(C)cc1)[C@@H]1CCCCCCCCCC[C@H](CC(=O)OC(C)(C)C)C(=O)N2CC3[C@@H]([C@H]2C(=O)C1)C3(C)C.Cc1ccc(S(=O)(=O)CCC(=O)C(=O)[C@@H]2CCCCCCCCCC[C@H](CC(=O)OC(C)(C)C)C(=O)N3CC4[C@@H]([C@H]3C(=O)C2)C4(C)C)cc1. The molecule has 0 radical (unpaired) electrons. The molecule has 4 heterocycles. The summed E-state index contributed by atoms with van der Waals surface area (Å²) in [5.41, 5.74) is 0.153. The van der Waals surface area contributed by atoms with Crippen molar-refractivity contribution in [2.24, 2.45) is 58.2 Å². The predicted molar refractivity (Wildman–Crippen MR) is 385 cm³/mol. The van der Waals surface area contributed by atoms with E-state index in [1.54, 1.807) is 75.6 Å². The number of rotatable bonds is 17. The summed E-state index contributed by atoms with van der Waals surface area (Å²) in [5.74, 6) is -7.91. The van der Waals surface area contributed by atoms with Crippen molar-refractivity contribution in [1.82, 2.24) is 9.80 Å². The number of nitrogens with zero attached hydrogens (tertiary/aromatic N) is 2. The van der Waals surface area contributed by atoms with Crippen LogP contribution in [0.2, 0.25) is 0 Å². The van der Waals surface area contributed by atoms with Gasteiger partial charge in [0, 0.05) is 69.4 Å². The lowest BCUT2D eigenvalue weighted by Gasteiger charge is -2.34. The van der Waals surface area contributed by atoms with Crippen LogP contribution in [-0.2, 0) is 81.8 Å². The minimum Gasteiger partial charge on any atom is -0.460 e. The number of Topliss-reactive ketones (excluding diaryl/α,β-unsaturated/α-hetero) is 5. The average molecular weight is 1440 g/mol. The van der Waals surface area contributed by atoms with E-state index in [1.165, 1.54) is 31.2 Å². The number of hydrogen-bond donors (Lipinski definition) is 0. The smallest absolute Gasteiger partial charge is 0.307 e. The number of ketones is 5. The van der Waals surface area contributed by atoms with Crippen LogP contribution in [0.4, 0.5) is 0 Å². The Morgan fingerprint density at radius 3 is 1.25 bits per heavy atom. The largest absolute Gasteiger partial charge is 0.460 e. The predicted octanol–water partition coefficient (Wildman–Crippen LogP) is 13.6. The van der Waals surface area contributed by atoms with Gasteiger partial charge in [0.1, 0.15) is 11.2 Å². The number of ether oxygens (including phenoxy) is 3. The van der Waals surface area contributed by atoms with Crippen LogP contribution < -0.4 is 0 Å². The van der Waals surface area contributed by atoms with E-state index < -0.39 is 126 Å². The third kappa shape index (κ3) is 23.0. The summed E-state index contributed by atoms with van der Waals surface area (Å²) in [5, 5.41) is 0. The molecule has 6 aliphatic rings. The summed E-state index contributed by atoms with van der Waals surface area (Å²) in [6.45, 7) is 25.0. The zero-order chi connectivity index (χ0) is 74.6. The maximum Gasteiger partial charge on any atom is 0.307 e. The maximum absolute atomic E-state index is 14.6. The van der Waals surface area contributed by atoms with Crippen molar-refractivity contribution in [3.63, 3.8) is 0 Å². The Hall–Kier alpha value is -5.96. The van der Waals surface area contributed by atoms with Crippen LogP contribution in [-0.4, -0.2) is 139 Å². The lowest BCUT2D eigenvalue weighted by atomic mass is 9.84. The average Bonchev–Trinajstić information content (AvgIpc) is 1.53. The van der Waals surface area contributed by atoms with Crippen LogP contribution in [0, 0.1) is 72.0 Å². The second kappa shape index (κ2) is 35.2. The Kier molecular flexibility index (Phi) is 28.7. The first-order chi connectivity index (χ1) is 47.2. The standard InChI is InChI=1S/C41H61NO9S.C39H57NO8S/c1-27-18-20-31(21-19-27)52(48,49)23-22-33(44)38(50-28(2)43)29-16-14-12-10-8-9-11-13-15-17-30(25-35(46)51-40(3,4)5)39(47)42-26-32-36(41(32,6)7)37(42)34(45)24-29;1-26-17-19-29(20-18-26)49(46,47)22-21-31(41)36(44)27-15-13-11-9-7-8-10-12-14-16-28(24-33(43)48-38(2,3)4)37(45)40-25-30-34(39(30,5)6)35(40)32(42)23-27/h18-21,29-30,32,36-38H,8-17,22-26H2,1-7H3;17-20,27-28,30,34-35H,7-16,21-25H2,1-6H3/t29-,30-,32?,36+,37-,38?;27-,28-,30?,34+,35-/m11/s1. The highest BCUT2D eigenvalue weighted by atomic mass is 32.2. The Morgan fingerprint density at radius 2 is 0.861 bits per heavy atom. The number of hydrogen-bond acceptors (Lipinski definition) is 17. The molecule has 8 rings (SSSR count). The number of benzene rings is 2. The molecule has 6 fully saturated rings. The van der Waals surface area contributed by atoms with Gasteiger partial charge in [0.25, 0.3) is 0 Å². The fraction of sp³-hybridized carbons (Fsp3) is 0.725. The summed E-state index contributed by atoms with van der Waals surface area (Å²) in [6.07, 6.45) is 14.3. The van der Waals surface area contributed by atoms with Crippen LogP contribution >= 0.6 is 0 Å². The van der Waals surface area contributed by atoms with Crippen molar-refractivity contribution >= 4 is 78.3 Å². The van der Waals surface area contributed by atoms with Crippen molar-refractivity contribution in [1.29, 1.82) is 0 Å². The van der Waals surface area contributed by atoms with Gasteiger partial charge in [-0.2, -0.15) is 0 Å². The minimum absolute atomic E-state index is 0.0483. The van der Waals surface area contributed by atoms with Gasteiger partial charge in [-0.3, -0.25) is 47.9 Å². The number of esters is 3. The van der Waals surface area contributed by atoms with Gasteiger partial charge in [0.2, 0.25) is 17.6 Å². The van der Waals surface area contributed by atoms with Gasteiger partial charge < -0.3 is 24.0 Å². The molecule has 562 valence electrons. The molecule has 101 heavy (non-hydrogen) atoms. The van der Waals surface area contributed by atoms with Gasteiger partial charge in [0.05, 0.1) is 46.2 Å². The fourth-order valence-electron chi connectivity index (χ4n) is 16.4. The van der Waals surface area contributed by atoms with E-state index in [0.717, 1.165) is 101 Å². The highest BCUT2D eigenvalue weighted by molar-refractivity contribution is 7.91. The Morgan fingerprint density at radius 1 is 0.505 bits per heavy atom. The Labute approximate surface area is 602 Å². The number of amides is 2. The molecule has 0 N–H and O–H groups in total. The lowest BCUT2D eigenvalue weighted by Crippen LogP contribution is -2.49. The van der Waals surface area contributed by atoms with Gasteiger partial charge in [-0.15, -0.1) is 0 Å². The van der Waals surface area contributed by atoms with Crippen LogP contribution in [0.3, 0.4) is 0 Å². The lowest BCUT2D eigenvalue weighted by molar-refractivity contribution is -0.160. The third-order valence-corrected chi connectivity index (χ3v) is 25.8. The zero-order valence-corrected chi connectivity index (χ0v) is 64.5. The molecule has 2 amide bonds. The topological polar surface area (TPSA) is 273 Å².